The molecule has 0 radical (unpaired) electrons. The third-order valence-corrected chi connectivity index (χ3v) is 1.47. The normalized spacial score (nSPS) is 10.3. The minimum Gasteiger partial charge on any atom is -0.382 e. The largest absolute Gasteiger partial charge is 0.382 e. The molecule has 0 fully saturated rings. The van der Waals surface area contributed by atoms with Crippen molar-refractivity contribution in [1.82, 2.24) is 24.8 Å². The number of hydrogen-bond donors (Lipinski definition) is 3. The lowest BCUT2D eigenvalue weighted by molar-refractivity contribution is 1.00. The van der Waals surface area contributed by atoms with E-state index in [1.54, 1.807) is 0 Å². The van der Waals surface area contributed by atoms with E-state index in [0.717, 1.165) is 0 Å². The van der Waals surface area contributed by atoms with Crippen LogP contribution in [0, 0.1) is 0 Å². The molecular weight excluding hydrogens is 158 g/mol. The van der Waals surface area contributed by atoms with Crippen LogP contribution in [0.5, 0.6) is 0 Å². The van der Waals surface area contributed by atoms with E-state index in [-0.39, 0.29) is 0 Å². The SMILES string of the molecule is Nc1nc[nH]c1-c1nncn1N. The molecule has 0 amide bonds. The van der Waals surface area contributed by atoms with E-state index in [2.05, 4.69) is 20.2 Å². The molecule has 5 N–H and O–H groups in total. The van der Waals surface area contributed by atoms with Crippen molar-refractivity contribution < 1.29 is 0 Å². The fourth-order valence-corrected chi connectivity index (χ4v) is 0.906. The van der Waals surface area contributed by atoms with Crippen LogP contribution >= 0.6 is 0 Å². The van der Waals surface area contributed by atoms with E-state index in [4.69, 9.17) is 11.6 Å². The molecule has 0 saturated carbocycles. The number of rotatable bonds is 1. The summed E-state index contributed by atoms with van der Waals surface area (Å²) in [5.74, 6) is 6.31. The van der Waals surface area contributed by atoms with Gasteiger partial charge in [-0.2, -0.15) is 0 Å². The van der Waals surface area contributed by atoms with Gasteiger partial charge in [-0.25, -0.2) is 9.66 Å². The highest BCUT2D eigenvalue weighted by Gasteiger charge is 2.10. The molecule has 7 nitrogen and oxygen atoms in total. The summed E-state index contributed by atoms with van der Waals surface area (Å²) in [6, 6.07) is 0. The highest BCUT2D eigenvalue weighted by Crippen LogP contribution is 2.16. The fraction of sp³-hybridized carbons (Fsp3) is 0. The average Bonchev–Trinajstić information content (AvgIpc) is 2.59. The van der Waals surface area contributed by atoms with Gasteiger partial charge in [-0.15, -0.1) is 10.2 Å². The van der Waals surface area contributed by atoms with Crippen LogP contribution in [0.25, 0.3) is 11.5 Å². The number of nitrogens with zero attached hydrogens (tertiary/aromatic N) is 4. The number of anilines is 1. The molecular formula is C5H7N7. The lowest BCUT2D eigenvalue weighted by Crippen LogP contribution is -2.09. The van der Waals surface area contributed by atoms with Gasteiger partial charge in [0, 0.05) is 0 Å². The van der Waals surface area contributed by atoms with Crippen molar-refractivity contribution in [2.45, 2.75) is 0 Å². The van der Waals surface area contributed by atoms with Gasteiger partial charge >= 0.3 is 0 Å². The zero-order chi connectivity index (χ0) is 8.55. The molecule has 0 atom stereocenters. The summed E-state index contributed by atoms with van der Waals surface area (Å²) in [6.45, 7) is 0. The number of imidazole rings is 1. The Morgan fingerprint density at radius 1 is 1.50 bits per heavy atom. The number of nitrogens with one attached hydrogen (secondary N) is 1. The number of nitrogens with two attached hydrogens (primary N) is 2. The number of hydrogen-bond acceptors (Lipinski definition) is 5. The van der Waals surface area contributed by atoms with Gasteiger partial charge in [-0.05, 0) is 0 Å². The van der Waals surface area contributed by atoms with Crippen LogP contribution < -0.4 is 11.6 Å². The number of aromatic nitrogens is 5. The Labute approximate surface area is 67.4 Å². The summed E-state index contributed by atoms with van der Waals surface area (Å²) >= 11 is 0. The number of nitrogen functional groups attached to an aromatic ring is 2. The van der Waals surface area contributed by atoms with Crippen molar-refractivity contribution in [2.24, 2.45) is 0 Å². The Morgan fingerprint density at radius 2 is 2.33 bits per heavy atom. The van der Waals surface area contributed by atoms with Gasteiger partial charge in [0.05, 0.1) is 6.33 Å². The lowest BCUT2D eigenvalue weighted by Gasteiger charge is -1.96. The second-order valence-corrected chi connectivity index (χ2v) is 2.22. The van der Waals surface area contributed by atoms with E-state index in [0.29, 0.717) is 17.3 Å². The predicted molar refractivity (Wildman–Crippen MR) is 42.2 cm³/mol. The maximum absolute atomic E-state index is 5.52. The Balaban J connectivity index is 2.57. The third kappa shape index (κ3) is 0.797. The van der Waals surface area contributed by atoms with E-state index in [1.807, 2.05) is 0 Å². The van der Waals surface area contributed by atoms with Crippen molar-refractivity contribution >= 4 is 5.82 Å². The first kappa shape index (κ1) is 6.65. The summed E-state index contributed by atoms with van der Waals surface area (Å²) in [5.41, 5.74) is 6.10. The van der Waals surface area contributed by atoms with E-state index < -0.39 is 0 Å². The molecule has 0 aliphatic heterocycles. The minimum absolute atomic E-state index is 0.356. The van der Waals surface area contributed by atoms with Gasteiger partial charge in [0.25, 0.3) is 0 Å². The van der Waals surface area contributed by atoms with Crippen LogP contribution in [0.3, 0.4) is 0 Å². The highest BCUT2D eigenvalue weighted by molar-refractivity contribution is 5.63. The van der Waals surface area contributed by atoms with Crippen molar-refractivity contribution in [3.63, 3.8) is 0 Å². The van der Waals surface area contributed by atoms with E-state index >= 15 is 0 Å². The van der Waals surface area contributed by atoms with Crippen molar-refractivity contribution in [2.75, 3.05) is 11.6 Å². The molecule has 0 spiro atoms. The third-order valence-electron chi connectivity index (χ3n) is 1.47. The van der Waals surface area contributed by atoms with Gasteiger partial charge in [-0.3, -0.25) is 0 Å². The summed E-state index contributed by atoms with van der Waals surface area (Å²) in [7, 11) is 0. The smallest absolute Gasteiger partial charge is 0.202 e. The van der Waals surface area contributed by atoms with Crippen LogP contribution in [0.4, 0.5) is 5.82 Å². The maximum Gasteiger partial charge on any atom is 0.202 e. The molecule has 0 aromatic carbocycles. The molecule has 2 rings (SSSR count). The van der Waals surface area contributed by atoms with Crippen molar-refractivity contribution in [1.29, 1.82) is 0 Å². The summed E-state index contributed by atoms with van der Waals surface area (Å²) in [6.07, 6.45) is 2.86. The molecule has 0 saturated heterocycles. The Bertz CT molecular complexity index is 348. The van der Waals surface area contributed by atoms with Crippen LogP contribution in [0.15, 0.2) is 12.7 Å². The van der Waals surface area contributed by atoms with Gasteiger partial charge in [-0.1, -0.05) is 0 Å². The molecule has 62 valence electrons. The quantitative estimate of drug-likeness (QED) is 0.467. The Morgan fingerprint density at radius 3 is 2.83 bits per heavy atom. The Kier molecular flexibility index (Phi) is 1.23. The Hall–Kier alpha value is -2.05. The van der Waals surface area contributed by atoms with Crippen LogP contribution in [-0.2, 0) is 0 Å². The predicted octanol–water partition coefficient (Wildman–Crippen LogP) is -1.04. The number of H-pyrrole nitrogens is 1. The summed E-state index contributed by atoms with van der Waals surface area (Å²) in [4.78, 5) is 6.61. The minimum atomic E-state index is 0.356. The van der Waals surface area contributed by atoms with Gasteiger partial charge in [0.2, 0.25) is 5.82 Å². The van der Waals surface area contributed by atoms with Gasteiger partial charge < -0.3 is 16.6 Å². The first-order valence-electron chi connectivity index (χ1n) is 3.23. The summed E-state index contributed by atoms with van der Waals surface area (Å²) in [5, 5.41) is 7.36. The standard InChI is InChI=1S/C5H7N7/c6-4-3(8-1-9-4)5-11-10-2-12(5)7/h1-2H,6-7H2,(H,8,9). The molecule has 2 aromatic rings. The van der Waals surface area contributed by atoms with Crippen LogP contribution in [0.1, 0.15) is 0 Å². The van der Waals surface area contributed by atoms with Crippen molar-refractivity contribution in [3.8, 4) is 11.5 Å². The maximum atomic E-state index is 5.52. The second-order valence-electron chi connectivity index (χ2n) is 2.22. The van der Waals surface area contributed by atoms with E-state index in [9.17, 15) is 0 Å². The first-order chi connectivity index (χ1) is 5.79. The first-order valence-corrected chi connectivity index (χ1v) is 3.23. The lowest BCUT2D eigenvalue weighted by atomic mass is 10.4. The molecule has 0 aliphatic carbocycles. The zero-order valence-corrected chi connectivity index (χ0v) is 6.10. The van der Waals surface area contributed by atoms with Crippen LogP contribution in [0.2, 0.25) is 0 Å². The number of aromatic amines is 1. The molecule has 2 aromatic heterocycles. The molecule has 7 heteroatoms. The fourth-order valence-electron chi connectivity index (χ4n) is 0.906. The van der Waals surface area contributed by atoms with Crippen molar-refractivity contribution in [3.05, 3.63) is 12.7 Å². The molecule has 0 unspecified atom stereocenters. The second kappa shape index (κ2) is 2.22. The zero-order valence-electron chi connectivity index (χ0n) is 6.10. The molecule has 0 aliphatic rings. The summed E-state index contributed by atoms with van der Waals surface area (Å²) < 4.78 is 1.27. The molecule has 2 heterocycles. The molecule has 0 bridgehead atoms. The van der Waals surface area contributed by atoms with Crippen LogP contribution in [-0.4, -0.2) is 24.8 Å². The average molecular weight is 165 g/mol. The van der Waals surface area contributed by atoms with E-state index in [1.165, 1.54) is 17.3 Å². The van der Waals surface area contributed by atoms with Gasteiger partial charge in [0.1, 0.15) is 12.0 Å². The molecule has 12 heavy (non-hydrogen) atoms. The topological polar surface area (TPSA) is 111 Å². The monoisotopic (exact) mass is 165 g/mol. The van der Waals surface area contributed by atoms with Gasteiger partial charge in [0.15, 0.2) is 5.82 Å². The highest BCUT2D eigenvalue weighted by atomic mass is 15.4.